The highest BCUT2D eigenvalue weighted by Crippen LogP contribution is 2.41. The second-order valence-corrected chi connectivity index (χ2v) is 9.19. The second kappa shape index (κ2) is 9.08. The van der Waals surface area contributed by atoms with E-state index in [1.807, 2.05) is 103 Å². The highest BCUT2D eigenvalue weighted by Gasteiger charge is 2.32. The summed E-state index contributed by atoms with van der Waals surface area (Å²) in [5.41, 5.74) is 4.46. The van der Waals surface area contributed by atoms with E-state index < -0.39 is 6.04 Å². The van der Waals surface area contributed by atoms with E-state index in [4.69, 9.17) is 9.72 Å². The largest absolute Gasteiger partial charge is 0.457 e. The van der Waals surface area contributed by atoms with E-state index in [1.165, 1.54) is 0 Å². The number of carbonyl (C=O) groups is 1. The number of para-hydroxylation sites is 2. The quantitative estimate of drug-likeness (QED) is 0.287. The number of urea groups is 1. The Hall–Kier alpha value is -4.42. The van der Waals surface area contributed by atoms with Gasteiger partial charge in [-0.25, -0.2) is 9.78 Å². The van der Waals surface area contributed by atoms with Crippen molar-refractivity contribution in [3.8, 4) is 11.5 Å². The number of nitrogens with one attached hydrogen (secondary N) is 2. The number of nitrogens with zero attached hydrogens (tertiary/aromatic N) is 1. The Balaban J connectivity index is 1.50. The highest BCUT2D eigenvalue weighted by atomic mass is 32.1. The summed E-state index contributed by atoms with van der Waals surface area (Å²) >= 11 is 1.62. The summed E-state index contributed by atoms with van der Waals surface area (Å²) in [6.45, 7) is 0. The van der Waals surface area contributed by atoms with E-state index in [9.17, 15) is 4.79 Å². The van der Waals surface area contributed by atoms with Crippen molar-refractivity contribution in [2.75, 3.05) is 0 Å². The van der Waals surface area contributed by atoms with E-state index in [-0.39, 0.29) is 6.03 Å². The third-order valence-corrected chi connectivity index (χ3v) is 6.90. The topological polar surface area (TPSA) is 63.2 Å². The van der Waals surface area contributed by atoms with Crippen molar-refractivity contribution in [1.29, 1.82) is 0 Å². The summed E-state index contributed by atoms with van der Waals surface area (Å²) in [5, 5.41) is 7.02. The van der Waals surface area contributed by atoms with Gasteiger partial charge in [-0.3, -0.25) is 0 Å². The molecule has 35 heavy (non-hydrogen) atoms. The Kier molecular flexibility index (Phi) is 5.48. The summed E-state index contributed by atoms with van der Waals surface area (Å²) < 4.78 is 7.18. The summed E-state index contributed by atoms with van der Waals surface area (Å²) in [5.74, 6) is 1.46. The van der Waals surface area contributed by atoms with Crippen LogP contribution in [0.3, 0.4) is 0 Å². The van der Waals surface area contributed by atoms with Gasteiger partial charge in [0.25, 0.3) is 0 Å². The van der Waals surface area contributed by atoms with E-state index in [2.05, 4.69) is 16.7 Å². The zero-order chi connectivity index (χ0) is 23.6. The lowest BCUT2D eigenvalue weighted by atomic mass is 9.93. The molecule has 170 valence electrons. The van der Waals surface area contributed by atoms with E-state index in [1.54, 1.807) is 11.3 Å². The van der Waals surface area contributed by atoms with Crippen LogP contribution in [0.2, 0.25) is 0 Å². The zero-order valence-corrected chi connectivity index (χ0v) is 19.5. The first-order valence-corrected chi connectivity index (χ1v) is 12.1. The Labute approximate surface area is 206 Å². The third kappa shape index (κ3) is 4.27. The fourth-order valence-corrected chi connectivity index (χ4v) is 5.29. The van der Waals surface area contributed by atoms with Crippen LogP contribution in [0.4, 0.5) is 4.79 Å². The molecule has 0 fully saturated rings. The molecule has 0 spiro atoms. The summed E-state index contributed by atoms with van der Waals surface area (Å²) in [6, 6.07) is 34.8. The van der Waals surface area contributed by atoms with Gasteiger partial charge >= 0.3 is 6.03 Å². The van der Waals surface area contributed by atoms with Crippen molar-refractivity contribution < 1.29 is 9.53 Å². The van der Waals surface area contributed by atoms with Gasteiger partial charge in [0.2, 0.25) is 0 Å². The molecule has 0 radical (unpaired) electrons. The average Bonchev–Trinajstić information content (AvgIpc) is 3.33. The van der Waals surface area contributed by atoms with Crippen LogP contribution in [-0.2, 0) is 0 Å². The van der Waals surface area contributed by atoms with Gasteiger partial charge in [-0.1, -0.05) is 72.8 Å². The van der Waals surface area contributed by atoms with Gasteiger partial charge in [0, 0.05) is 5.57 Å². The van der Waals surface area contributed by atoms with Crippen molar-refractivity contribution in [1.82, 2.24) is 15.6 Å². The molecule has 2 heterocycles. The lowest BCUT2D eigenvalue weighted by Gasteiger charge is -2.30. The van der Waals surface area contributed by atoms with Crippen LogP contribution < -0.4 is 15.4 Å². The number of aromatic nitrogens is 1. The van der Waals surface area contributed by atoms with Crippen LogP contribution in [0.15, 0.2) is 109 Å². The van der Waals surface area contributed by atoms with Crippen molar-refractivity contribution in [2.24, 2.45) is 0 Å². The van der Waals surface area contributed by atoms with Crippen molar-refractivity contribution in [3.05, 3.63) is 125 Å². The number of ether oxygens (including phenoxy) is 1. The lowest BCUT2D eigenvalue weighted by molar-refractivity contribution is 0.242. The normalized spacial score (nSPS) is 15.5. The summed E-state index contributed by atoms with van der Waals surface area (Å²) in [6.07, 6.45) is 0. The van der Waals surface area contributed by atoms with Crippen LogP contribution in [0, 0.1) is 0 Å². The molecule has 5 nitrogen and oxygen atoms in total. The molecular formula is C29H21N3O2S. The molecule has 6 rings (SSSR count). The molecule has 1 aliphatic rings. The first-order chi connectivity index (χ1) is 17.2. The number of thiazole rings is 1. The number of hydrogen-bond acceptors (Lipinski definition) is 4. The maximum Gasteiger partial charge on any atom is 0.320 e. The van der Waals surface area contributed by atoms with Gasteiger partial charge in [0.1, 0.15) is 16.5 Å². The molecule has 0 bridgehead atoms. The SMILES string of the molecule is O=C1NC(c2ccccc2)=C(c2nc3ccccc3s2)C(c2cccc(Oc3ccccc3)c2)N1. The van der Waals surface area contributed by atoms with Gasteiger partial charge in [-0.05, 0) is 47.5 Å². The van der Waals surface area contributed by atoms with Crippen molar-refractivity contribution >= 4 is 38.9 Å². The van der Waals surface area contributed by atoms with E-state index in [0.717, 1.165) is 43.4 Å². The molecule has 1 atom stereocenters. The Bertz CT molecular complexity index is 1510. The van der Waals surface area contributed by atoms with Crippen LogP contribution >= 0.6 is 11.3 Å². The molecule has 2 amide bonds. The molecule has 0 saturated carbocycles. The van der Waals surface area contributed by atoms with Gasteiger partial charge < -0.3 is 15.4 Å². The van der Waals surface area contributed by atoms with Crippen molar-refractivity contribution in [3.63, 3.8) is 0 Å². The lowest BCUT2D eigenvalue weighted by Crippen LogP contribution is -2.42. The van der Waals surface area contributed by atoms with Crippen LogP contribution in [0.1, 0.15) is 22.2 Å². The average molecular weight is 476 g/mol. The molecule has 2 N–H and O–H groups in total. The first-order valence-electron chi connectivity index (χ1n) is 11.3. The number of rotatable bonds is 5. The van der Waals surface area contributed by atoms with E-state index in [0.29, 0.717) is 5.75 Å². The summed E-state index contributed by atoms with van der Waals surface area (Å²) in [4.78, 5) is 17.8. The minimum Gasteiger partial charge on any atom is -0.457 e. The molecular weight excluding hydrogens is 454 g/mol. The molecule has 0 aliphatic carbocycles. The standard InChI is InChI=1S/C29H21N3O2S/c33-29-31-26(19-10-3-1-4-11-19)25(28-30-23-16-7-8-17-24(23)35-28)27(32-29)20-12-9-15-22(18-20)34-21-13-5-2-6-14-21/h1-18,27H,(H2,31,32,33). The second-order valence-electron chi connectivity index (χ2n) is 8.16. The van der Waals surface area contributed by atoms with Gasteiger partial charge in [-0.15, -0.1) is 11.3 Å². The minimum absolute atomic E-state index is 0.256. The van der Waals surface area contributed by atoms with Crippen LogP contribution in [0.5, 0.6) is 11.5 Å². The minimum atomic E-state index is -0.404. The fraction of sp³-hybridized carbons (Fsp3) is 0.0345. The smallest absolute Gasteiger partial charge is 0.320 e. The third-order valence-electron chi connectivity index (χ3n) is 5.83. The Morgan fingerprint density at radius 2 is 1.49 bits per heavy atom. The van der Waals surface area contributed by atoms with Gasteiger partial charge in [0.15, 0.2) is 0 Å². The predicted molar refractivity (Wildman–Crippen MR) is 140 cm³/mol. The number of benzene rings is 4. The van der Waals surface area contributed by atoms with Gasteiger partial charge in [0.05, 0.1) is 22.0 Å². The molecule has 1 unspecified atom stereocenters. The number of fused-ring (bicyclic) bond motifs is 1. The first kappa shape index (κ1) is 21.1. The number of hydrogen-bond donors (Lipinski definition) is 2. The van der Waals surface area contributed by atoms with Gasteiger partial charge in [-0.2, -0.15) is 0 Å². The Morgan fingerprint density at radius 3 is 2.29 bits per heavy atom. The molecule has 1 aliphatic heterocycles. The molecule has 4 aromatic carbocycles. The zero-order valence-electron chi connectivity index (χ0n) is 18.6. The Morgan fingerprint density at radius 1 is 0.771 bits per heavy atom. The van der Waals surface area contributed by atoms with E-state index >= 15 is 0 Å². The predicted octanol–water partition coefficient (Wildman–Crippen LogP) is 7.01. The highest BCUT2D eigenvalue weighted by molar-refractivity contribution is 7.19. The molecule has 0 saturated heterocycles. The van der Waals surface area contributed by atoms with Crippen LogP contribution in [-0.4, -0.2) is 11.0 Å². The number of amides is 2. The molecule has 6 heteroatoms. The van der Waals surface area contributed by atoms with Crippen LogP contribution in [0.25, 0.3) is 21.5 Å². The fourth-order valence-electron chi connectivity index (χ4n) is 4.25. The molecule has 1 aromatic heterocycles. The molecule has 5 aromatic rings. The maximum atomic E-state index is 12.9. The summed E-state index contributed by atoms with van der Waals surface area (Å²) in [7, 11) is 0. The number of carbonyl (C=O) groups excluding carboxylic acids is 1. The monoisotopic (exact) mass is 475 g/mol. The van der Waals surface area contributed by atoms with Crippen molar-refractivity contribution in [2.45, 2.75) is 6.04 Å². The maximum absolute atomic E-state index is 12.9.